The highest BCUT2D eigenvalue weighted by molar-refractivity contribution is 5.97. The number of rotatable bonds is 3. The number of carbonyl (C=O) groups excluding carboxylic acids is 3. The summed E-state index contributed by atoms with van der Waals surface area (Å²) in [6.45, 7) is 4.54. The van der Waals surface area contributed by atoms with Gasteiger partial charge in [-0.3, -0.25) is 9.59 Å². The van der Waals surface area contributed by atoms with E-state index < -0.39 is 24.0 Å². The number of benzene rings is 1. The van der Waals surface area contributed by atoms with Crippen LogP contribution >= 0.6 is 0 Å². The minimum atomic E-state index is -0.711. The molecule has 7 nitrogen and oxygen atoms in total. The van der Waals surface area contributed by atoms with Gasteiger partial charge in [-0.05, 0) is 30.2 Å². The number of piperazine rings is 2. The maximum absolute atomic E-state index is 12.9. The van der Waals surface area contributed by atoms with Crippen molar-refractivity contribution in [3.63, 3.8) is 0 Å². The summed E-state index contributed by atoms with van der Waals surface area (Å²) in [5.41, 5.74) is 0. The molecule has 26 heavy (non-hydrogen) atoms. The van der Waals surface area contributed by atoms with E-state index in [9.17, 15) is 18.8 Å². The first-order valence-corrected chi connectivity index (χ1v) is 8.74. The number of halogens is 1. The minimum absolute atomic E-state index is 0.0499. The maximum Gasteiger partial charge on any atom is 0.415 e. The lowest BCUT2D eigenvalue weighted by Crippen LogP contribution is -2.70. The zero-order valence-electron chi connectivity index (χ0n) is 14.8. The van der Waals surface area contributed by atoms with Gasteiger partial charge in [0.1, 0.15) is 23.7 Å². The van der Waals surface area contributed by atoms with Crippen LogP contribution in [0.3, 0.4) is 0 Å². The van der Waals surface area contributed by atoms with Crippen molar-refractivity contribution >= 4 is 17.9 Å². The van der Waals surface area contributed by atoms with Crippen LogP contribution in [0.4, 0.5) is 9.18 Å². The molecule has 3 rings (SSSR count). The van der Waals surface area contributed by atoms with E-state index in [4.69, 9.17) is 4.74 Å². The van der Waals surface area contributed by atoms with Gasteiger partial charge in [-0.15, -0.1) is 0 Å². The SMILES string of the molecule is CC[C@H](C)[C@@H]1NC(=O)[C@H]2CN(C(=O)Oc3ccc(F)cc3)CCN2C1=O. The second-order valence-corrected chi connectivity index (χ2v) is 6.69. The smallest absolute Gasteiger partial charge is 0.410 e. The van der Waals surface area contributed by atoms with Gasteiger partial charge < -0.3 is 19.9 Å². The molecule has 0 aliphatic carbocycles. The van der Waals surface area contributed by atoms with Crippen molar-refractivity contribution in [2.75, 3.05) is 19.6 Å². The van der Waals surface area contributed by atoms with Gasteiger partial charge in [-0.25, -0.2) is 9.18 Å². The Morgan fingerprint density at radius 2 is 2.00 bits per heavy atom. The predicted octanol–water partition coefficient (Wildman–Crippen LogP) is 1.38. The van der Waals surface area contributed by atoms with Gasteiger partial charge in [-0.2, -0.15) is 0 Å². The molecule has 0 bridgehead atoms. The third-order valence-corrected chi connectivity index (χ3v) is 5.02. The van der Waals surface area contributed by atoms with Gasteiger partial charge in [0.25, 0.3) is 0 Å². The highest BCUT2D eigenvalue weighted by Crippen LogP contribution is 2.22. The van der Waals surface area contributed by atoms with Crippen LogP contribution in [0.25, 0.3) is 0 Å². The lowest BCUT2D eigenvalue weighted by atomic mass is 9.93. The van der Waals surface area contributed by atoms with Crippen molar-refractivity contribution in [2.24, 2.45) is 5.92 Å². The van der Waals surface area contributed by atoms with E-state index >= 15 is 0 Å². The molecule has 0 spiro atoms. The average molecular weight is 363 g/mol. The highest BCUT2D eigenvalue weighted by Gasteiger charge is 2.45. The number of ether oxygens (including phenoxy) is 1. The van der Waals surface area contributed by atoms with Crippen LogP contribution in [0.1, 0.15) is 20.3 Å². The van der Waals surface area contributed by atoms with Gasteiger partial charge in [-0.1, -0.05) is 20.3 Å². The van der Waals surface area contributed by atoms with Crippen LogP contribution in [-0.4, -0.2) is 59.4 Å². The van der Waals surface area contributed by atoms with E-state index in [1.54, 1.807) is 4.90 Å². The Morgan fingerprint density at radius 3 is 2.65 bits per heavy atom. The lowest BCUT2D eigenvalue weighted by molar-refractivity contribution is -0.153. The van der Waals surface area contributed by atoms with Crippen LogP contribution in [-0.2, 0) is 9.59 Å². The number of hydrogen-bond acceptors (Lipinski definition) is 4. The van der Waals surface area contributed by atoms with Crippen molar-refractivity contribution in [3.05, 3.63) is 30.1 Å². The zero-order valence-corrected chi connectivity index (χ0v) is 14.8. The number of amides is 3. The quantitative estimate of drug-likeness (QED) is 0.880. The normalized spacial score (nSPS) is 24.0. The fraction of sp³-hybridized carbons (Fsp3) is 0.500. The standard InChI is InChI=1S/C18H22FN3O4/c1-3-11(2)15-17(24)22-9-8-21(10-14(22)16(23)20-15)18(25)26-13-6-4-12(19)5-7-13/h4-7,11,14-15H,3,8-10H2,1-2H3,(H,20,23)/t11-,14+,15-/m0/s1. The Labute approximate surface area is 151 Å². The monoisotopic (exact) mass is 363 g/mol. The van der Waals surface area contributed by atoms with Crippen LogP contribution in [0.15, 0.2) is 24.3 Å². The molecule has 1 N–H and O–H groups in total. The van der Waals surface area contributed by atoms with E-state index in [-0.39, 0.29) is 43.1 Å². The summed E-state index contributed by atoms with van der Waals surface area (Å²) in [5.74, 6) is -0.509. The molecule has 3 atom stereocenters. The van der Waals surface area contributed by atoms with E-state index in [2.05, 4.69) is 5.32 Å². The first kappa shape index (κ1) is 18.2. The Hall–Kier alpha value is -2.64. The first-order valence-electron chi connectivity index (χ1n) is 8.74. The van der Waals surface area contributed by atoms with Crippen LogP contribution in [0.2, 0.25) is 0 Å². The van der Waals surface area contributed by atoms with Crippen molar-refractivity contribution in [2.45, 2.75) is 32.4 Å². The number of nitrogens with zero attached hydrogens (tertiary/aromatic N) is 2. The van der Waals surface area contributed by atoms with Crippen molar-refractivity contribution in [3.8, 4) is 5.75 Å². The van der Waals surface area contributed by atoms with Gasteiger partial charge in [0.2, 0.25) is 11.8 Å². The zero-order chi connectivity index (χ0) is 18.8. The molecule has 2 heterocycles. The molecule has 140 valence electrons. The maximum atomic E-state index is 12.9. The van der Waals surface area contributed by atoms with Crippen molar-refractivity contribution in [1.29, 1.82) is 0 Å². The van der Waals surface area contributed by atoms with Crippen molar-refractivity contribution < 1.29 is 23.5 Å². The van der Waals surface area contributed by atoms with Crippen LogP contribution in [0.5, 0.6) is 5.75 Å². The molecule has 1 aromatic carbocycles. The summed E-state index contributed by atoms with van der Waals surface area (Å²) < 4.78 is 18.1. The molecule has 2 fully saturated rings. The molecule has 0 saturated carbocycles. The fourth-order valence-corrected chi connectivity index (χ4v) is 3.22. The predicted molar refractivity (Wildman–Crippen MR) is 90.9 cm³/mol. The summed E-state index contributed by atoms with van der Waals surface area (Å²) in [7, 11) is 0. The van der Waals surface area contributed by atoms with Gasteiger partial charge >= 0.3 is 6.09 Å². The second-order valence-electron chi connectivity index (χ2n) is 6.69. The molecule has 2 aliphatic heterocycles. The fourth-order valence-electron chi connectivity index (χ4n) is 3.22. The van der Waals surface area contributed by atoms with E-state index in [0.29, 0.717) is 0 Å². The van der Waals surface area contributed by atoms with Gasteiger partial charge in [0, 0.05) is 13.1 Å². The Kier molecular flexibility index (Phi) is 5.11. The first-order chi connectivity index (χ1) is 12.4. The molecular weight excluding hydrogens is 341 g/mol. The largest absolute Gasteiger partial charge is 0.415 e. The Bertz CT molecular complexity index is 709. The number of fused-ring (bicyclic) bond motifs is 1. The Morgan fingerprint density at radius 1 is 1.31 bits per heavy atom. The molecule has 1 aromatic rings. The molecular formula is C18H22FN3O4. The van der Waals surface area contributed by atoms with Crippen molar-refractivity contribution in [1.82, 2.24) is 15.1 Å². The van der Waals surface area contributed by atoms with E-state index in [0.717, 1.165) is 6.42 Å². The summed E-state index contributed by atoms with van der Waals surface area (Å²) in [6.07, 6.45) is 0.159. The number of carbonyl (C=O) groups is 3. The highest BCUT2D eigenvalue weighted by atomic mass is 19.1. The van der Waals surface area contributed by atoms with Gasteiger partial charge in [0.05, 0.1) is 6.54 Å². The number of hydrogen-bond donors (Lipinski definition) is 1. The molecule has 3 amide bonds. The second kappa shape index (κ2) is 7.31. The molecule has 2 saturated heterocycles. The van der Waals surface area contributed by atoms with Gasteiger partial charge in [0.15, 0.2) is 0 Å². The topological polar surface area (TPSA) is 79.0 Å². The lowest BCUT2D eigenvalue weighted by Gasteiger charge is -2.45. The molecule has 0 unspecified atom stereocenters. The van der Waals surface area contributed by atoms with E-state index in [1.165, 1.54) is 29.2 Å². The average Bonchev–Trinajstić information content (AvgIpc) is 2.65. The van der Waals surface area contributed by atoms with E-state index in [1.807, 2.05) is 13.8 Å². The van der Waals surface area contributed by atoms with Crippen LogP contribution in [0, 0.1) is 11.7 Å². The molecule has 0 radical (unpaired) electrons. The minimum Gasteiger partial charge on any atom is -0.410 e. The Balaban J connectivity index is 1.66. The van der Waals surface area contributed by atoms with Crippen LogP contribution < -0.4 is 10.1 Å². The molecule has 2 aliphatic rings. The summed E-state index contributed by atoms with van der Waals surface area (Å²) >= 11 is 0. The third-order valence-electron chi connectivity index (χ3n) is 5.02. The summed E-state index contributed by atoms with van der Waals surface area (Å²) in [6, 6.07) is 3.89. The molecule has 8 heteroatoms. The number of nitrogens with one attached hydrogen (secondary N) is 1. The molecule has 0 aromatic heterocycles. The summed E-state index contributed by atoms with van der Waals surface area (Å²) in [4.78, 5) is 40.3. The third kappa shape index (κ3) is 3.49. The summed E-state index contributed by atoms with van der Waals surface area (Å²) in [5, 5.41) is 2.78.